The van der Waals surface area contributed by atoms with Crippen molar-refractivity contribution in [3.8, 4) is 11.8 Å². The number of para-hydroxylation sites is 1. The number of hydrazone groups is 1. The van der Waals surface area contributed by atoms with Crippen LogP contribution in [0, 0.1) is 11.3 Å². The van der Waals surface area contributed by atoms with E-state index < -0.39 is 0 Å². The number of aromatic nitrogens is 1. The van der Waals surface area contributed by atoms with Crippen LogP contribution >= 0.6 is 0 Å². The van der Waals surface area contributed by atoms with E-state index in [-0.39, 0.29) is 12.5 Å². The molecule has 6 nitrogen and oxygen atoms in total. The molecule has 0 unspecified atom stereocenters. The van der Waals surface area contributed by atoms with E-state index in [1.54, 1.807) is 30.5 Å². The second kappa shape index (κ2) is 7.99. The van der Waals surface area contributed by atoms with Crippen molar-refractivity contribution in [3.05, 3.63) is 65.4 Å². The first-order chi connectivity index (χ1) is 12.7. The quantitative estimate of drug-likeness (QED) is 0.531. The fourth-order valence-corrected chi connectivity index (χ4v) is 2.62. The zero-order valence-corrected chi connectivity index (χ0v) is 14.3. The number of hydrogen-bond acceptors (Lipinski definition) is 4. The predicted molar refractivity (Wildman–Crippen MR) is 100 cm³/mol. The van der Waals surface area contributed by atoms with Crippen molar-refractivity contribution in [2.24, 2.45) is 5.10 Å². The van der Waals surface area contributed by atoms with Crippen LogP contribution in [0.2, 0.25) is 0 Å². The number of fused-ring (bicyclic) bond motifs is 1. The smallest absolute Gasteiger partial charge is 0.277 e. The highest BCUT2D eigenvalue weighted by atomic mass is 16.5. The SMILES string of the molecule is CCc1cccc2c(/C=N/NC(=O)COc3ccc(C#N)cc3)c[nH]c12. The summed E-state index contributed by atoms with van der Waals surface area (Å²) in [5.41, 5.74) is 6.22. The second-order valence-corrected chi connectivity index (χ2v) is 5.66. The Morgan fingerprint density at radius 1 is 1.31 bits per heavy atom. The van der Waals surface area contributed by atoms with Crippen LogP contribution in [0.15, 0.2) is 53.8 Å². The maximum absolute atomic E-state index is 11.8. The molecule has 1 heterocycles. The van der Waals surface area contributed by atoms with Crippen molar-refractivity contribution in [1.29, 1.82) is 5.26 Å². The third kappa shape index (κ3) is 3.90. The van der Waals surface area contributed by atoms with E-state index in [1.807, 2.05) is 24.4 Å². The molecule has 6 heteroatoms. The summed E-state index contributed by atoms with van der Waals surface area (Å²) in [4.78, 5) is 15.1. The van der Waals surface area contributed by atoms with Gasteiger partial charge in [0.15, 0.2) is 6.61 Å². The van der Waals surface area contributed by atoms with Crippen molar-refractivity contribution < 1.29 is 9.53 Å². The normalized spacial score (nSPS) is 10.8. The van der Waals surface area contributed by atoms with Gasteiger partial charge in [-0.15, -0.1) is 0 Å². The van der Waals surface area contributed by atoms with Crippen LogP contribution in [0.4, 0.5) is 0 Å². The molecule has 1 aromatic heterocycles. The standard InChI is InChI=1S/C20H18N4O2/c1-2-15-4-3-5-18-16(11-22-20(15)18)12-23-24-19(25)13-26-17-8-6-14(10-21)7-9-17/h3-9,11-12,22H,2,13H2,1H3,(H,24,25)/b23-12+. The van der Waals surface area contributed by atoms with E-state index in [0.29, 0.717) is 11.3 Å². The summed E-state index contributed by atoms with van der Waals surface area (Å²) in [6.07, 6.45) is 4.42. The number of rotatable bonds is 6. The number of aromatic amines is 1. The maximum Gasteiger partial charge on any atom is 0.277 e. The Hall–Kier alpha value is -3.59. The molecule has 3 rings (SSSR count). The minimum absolute atomic E-state index is 0.156. The summed E-state index contributed by atoms with van der Waals surface area (Å²) in [5, 5.41) is 13.8. The first kappa shape index (κ1) is 17.2. The van der Waals surface area contributed by atoms with E-state index in [9.17, 15) is 4.79 Å². The van der Waals surface area contributed by atoms with E-state index in [4.69, 9.17) is 10.00 Å². The molecule has 0 aliphatic rings. The molecule has 2 aromatic carbocycles. The van der Waals surface area contributed by atoms with Gasteiger partial charge in [0.2, 0.25) is 0 Å². The van der Waals surface area contributed by atoms with Crippen molar-refractivity contribution in [2.75, 3.05) is 6.61 Å². The van der Waals surface area contributed by atoms with Crippen LogP contribution < -0.4 is 10.2 Å². The van der Waals surface area contributed by atoms with Gasteiger partial charge in [-0.2, -0.15) is 10.4 Å². The van der Waals surface area contributed by atoms with E-state index in [2.05, 4.69) is 28.5 Å². The molecule has 0 saturated heterocycles. The summed E-state index contributed by atoms with van der Waals surface area (Å²) in [5.74, 6) is 0.159. The molecule has 0 aliphatic heterocycles. The van der Waals surface area contributed by atoms with Gasteiger partial charge in [0.05, 0.1) is 17.8 Å². The molecule has 130 valence electrons. The Morgan fingerprint density at radius 3 is 2.85 bits per heavy atom. The summed E-state index contributed by atoms with van der Waals surface area (Å²) in [7, 11) is 0. The lowest BCUT2D eigenvalue weighted by atomic mass is 10.1. The summed E-state index contributed by atoms with van der Waals surface area (Å²) < 4.78 is 5.35. The maximum atomic E-state index is 11.8. The first-order valence-electron chi connectivity index (χ1n) is 8.25. The Bertz CT molecular complexity index is 981. The van der Waals surface area contributed by atoms with Crippen LogP contribution in [0.25, 0.3) is 10.9 Å². The molecule has 0 radical (unpaired) electrons. The van der Waals surface area contributed by atoms with Crippen LogP contribution in [0.1, 0.15) is 23.6 Å². The monoisotopic (exact) mass is 346 g/mol. The highest BCUT2D eigenvalue weighted by Gasteiger charge is 2.05. The van der Waals surface area contributed by atoms with Crippen molar-refractivity contribution >= 4 is 23.0 Å². The minimum Gasteiger partial charge on any atom is -0.484 e. The average molecular weight is 346 g/mol. The molecule has 2 N–H and O–H groups in total. The number of hydrogen-bond donors (Lipinski definition) is 2. The summed E-state index contributed by atoms with van der Waals surface area (Å²) >= 11 is 0. The molecule has 26 heavy (non-hydrogen) atoms. The molecule has 0 bridgehead atoms. The molecule has 0 fully saturated rings. The lowest BCUT2D eigenvalue weighted by Gasteiger charge is -2.04. The largest absolute Gasteiger partial charge is 0.484 e. The molecular formula is C20H18N4O2. The van der Waals surface area contributed by atoms with E-state index >= 15 is 0 Å². The van der Waals surface area contributed by atoms with Gasteiger partial charge >= 0.3 is 0 Å². The van der Waals surface area contributed by atoms with Gasteiger partial charge in [0.1, 0.15) is 5.75 Å². The van der Waals surface area contributed by atoms with Crippen molar-refractivity contribution in [1.82, 2.24) is 10.4 Å². The van der Waals surface area contributed by atoms with E-state index in [1.165, 1.54) is 5.56 Å². The Morgan fingerprint density at radius 2 is 2.12 bits per heavy atom. The molecule has 0 atom stereocenters. The van der Waals surface area contributed by atoms with Gasteiger partial charge in [-0.05, 0) is 36.2 Å². The number of nitrogens with one attached hydrogen (secondary N) is 2. The Balaban J connectivity index is 1.56. The molecule has 3 aromatic rings. The topological polar surface area (TPSA) is 90.3 Å². The number of ether oxygens (including phenoxy) is 1. The lowest BCUT2D eigenvalue weighted by molar-refractivity contribution is -0.123. The first-order valence-corrected chi connectivity index (χ1v) is 8.25. The summed E-state index contributed by atoms with van der Waals surface area (Å²) in [6, 6.07) is 14.7. The number of nitrogens with zero attached hydrogens (tertiary/aromatic N) is 2. The molecule has 0 spiro atoms. The highest BCUT2D eigenvalue weighted by Crippen LogP contribution is 2.20. The number of carbonyl (C=O) groups is 1. The zero-order valence-electron chi connectivity index (χ0n) is 14.3. The fourth-order valence-electron chi connectivity index (χ4n) is 2.62. The number of nitriles is 1. The van der Waals surface area contributed by atoms with Crippen molar-refractivity contribution in [2.45, 2.75) is 13.3 Å². The van der Waals surface area contributed by atoms with Gasteiger partial charge in [-0.3, -0.25) is 4.79 Å². The second-order valence-electron chi connectivity index (χ2n) is 5.66. The average Bonchev–Trinajstić information content (AvgIpc) is 3.10. The van der Waals surface area contributed by atoms with E-state index in [0.717, 1.165) is 22.9 Å². The number of benzene rings is 2. The van der Waals surface area contributed by atoms with Gasteiger partial charge in [-0.25, -0.2) is 5.43 Å². The van der Waals surface area contributed by atoms with Gasteiger partial charge < -0.3 is 9.72 Å². The van der Waals surface area contributed by atoms with Gasteiger partial charge in [-0.1, -0.05) is 25.1 Å². The molecule has 0 saturated carbocycles. The Kier molecular flexibility index (Phi) is 5.30. The number of aryl methyl sites for hydroxylation is 1. The zero-order chi connectivity index (χ0) is 18.4. The third-order valence-corrected chi connectivity index (χ3v) is 3.96. The molecule has 1 amide bonds. The van der Waals surface area contributed by atoms with Gasteiger partial charge in [0.25, 0.3) is 5.91 Å². The molecule has 0 aliphatic carbocycles. The fraction of sp³-hybridized carbons (Fsp3) is 0.150. The Labute approximate surface area is 151 Å². The van der Waals surface area contributed by atoms with Crippen LogP contribution in [0.3, 0.4) is 0 Å². The lowest BCUT2D eigenvalue weighted by Crippen LogP contribution is -2.24. The minimum atomic E-state index is -0.361. The van der Waals surface area contributed by atoms with Crippen LogP contribution in [0.5, 0.6) is 5.75 Å². The highest BCUT2D eigenvalue weighted by molar-refractivity contribution is 6.00. The molecular weight excluding hydrogens is 328 g/mol. The van der Waals surface area contributed by atoms with Crippen LogP contribution in [-0.4, -0.2) is 23.7 Å². The third-order valence-electron chi connectivity index (χ3n) is 3.96. The number of carbonyl (C=O) groups excluding carboxylic acids is 1. The van der Waals surface area contributed by atoms with Gasteiger partial charge in [0, 0.05) is 22.7 Å². The predicted octanol–water partition coefficient (Wildman–Crippen LogP) is 3.13. The number of amides is 1. The number of H-pyrrole nitrogens is 1. The summed E-state index contributed by atoms with van der Waals surface area (Å²) in [6.45, 7) is 1.95. The van der Waals surface area contributed by atoms with Crippen LogP contribution in [-0.2, 0) is 11.2 Å². The van der Waals surface area contributed by atoms with Crippen molar-refractivity contribution in [3.63, 3.8) is 0 Å².